The van der Waals surface area contributed by atoms with Gasteiger partial charge >= 0.3 is 0 Å². The van der Waals surface area contributed by atoms with Gasteiger partial charge < -0.3 is 14.2 Å². The van der Waals surface area contributed by atoms with E-state index >= 15 is 0 Å². The zero-order valence-electron chi connectivity index (χ0n) is 15.0. The highest BCUT2D eigenvalue weighted by Gasteiger charge is 2.18. The first kappa shape index (κ1) is 19.3. The van der Waals surface area contributed by atoms with Crippen LogP contribution >= 0.6 is 8.58 Å². The van der Waals surface area contributed by atoms with Crippen LogP contribution in [0, 0.1) is 0 Å². The number of carbonyl (C=O) groups excluding carboxylic acids is 1. The fraction of sp³-hybridized carbons (Fsp3) is 0.350. The Morgan fingerprint density at radius 2 is 1.60 bits per heavy atom. The molecule has 0 aromatic heterocycles. The monoisotopic (exact) mass is 360 g/mol. The van der Waals surface area contributed by atoms with Gasteiger partial charge in [0.1, 0.15) is 22.8 Å². The Labute approximate surface area is 151 Å². The van der Waals surface area contributed by atoms with Crippen LogP contribution in [0.25, 0.3) is 0 Å². The van der Waals surface area contributed by atoms with Crippen molar-refractivity contribution in [1.29, 1.82) is 0 Å². The van der Waals surface area contributed by atoms with E-state index in [1.54, 1.807) is 26.4 Å². The van der Waals surface area contributed by atoms with Crippen molar-refractivity contribution in [2.45, 2.75) is 26.2 Å². The van der Waals surface area contributed by atoms with Crippen LogP contribution in [0.1, 0.15) is 36.5 Å². The zero-order valence-corrected chi connectivity index (χ0v) is 16.0. The van der Waals surface area contributed by atoms with Crippen LogP contribution in [0.4, 0.5) is 0 Å². The molecule has 0 aliphatic rings. The second-order valence-electron chi connectivity index (χ2n) is 5.57. The first-order valence-electron chi connectivity index (χ1n) is 8.44. The zero-order chi connectivity index (χ0) is 18.1. The normalized spacial score (nSPS) is 10.8. The van der Waals surface area contributed by atoms with E-state index < -0.39 is 0 Å². The summed E-state index contributed by atoms with van der Waals surface area (Å²) < 4.78 is 16.3. The second-order valence-corrected chi connectivity index (χ2v) is 6.85. The summed E-state index contributed by atoms with van der Waals surface area (Å²) >= 11 is 0. The van der Waals surface area contributed by atoms with Crippen molar-refractivity contribution in [3.05, 3.63) is 48.0 Å². The molecule has 2 aromatic carbocycles. The molecule has 4 nitrogen and oxygen atoms in total. The molecule has 0 aliphatic carbocycles. The number of benzene rings is 2. The van der Waals surface area contributed by atoms with Crippen LogP contribution in [0.2, 0.25) is 0 Å². The summed E-state index contributed by atoms with van der Waals surface area (Å²) in [6.07, 6.45) is 3.42. The molecule has 0 heterocycles. The predicted octanol–water partition coefficient (Wildman–Crippen LogP) is 4.42. The quantitative estimate of drug-likeness (QED) is 0.465. The van der Waals surface area contributed by atoms with Gasteiger partial charge in [0, 0.05) is 0 Å². The molecule has 0 saturated carbocycles. The van der Waals surface area contributed by atoms with Crippen LogP contribution in [0.15, 0.2) is 42.5 Å². The molecule has 25 heavy (non-hydrogen) atoms. The molecule has 2 rings (SSSR count). The Bertz CT molecular complexity index is 660. The second kappa shape index (κ2) is 10.0. The van der Waals surface area contributed by atoms with Crippen molar-refractivity contribution in [3.63, 3.8) is 0 Å². The largest absolute Gasteiger partial charge is 0.496 e. The van der Waals surface area contributed by atoms with E-state index in [9.17, 15) is 4.79 Å². The lowest BCUT2D eigenvalue weighted by molar-refractivity contribution is 0.108. The van der Waals surface area contributed by atoms with Crippen LogP contribution in [0.3, 0.4) is 0 Å². The highest BCUT2D eigenvalue weighted by atomic mass is 31.1. The van der Waals surface area contributed by atoms with E-state index in [1.165, 1.54) is 12.8 Å². The van der Waals surface area contributed by atoms with E-state index in [-0.39, 0.29) is 14.1 Å². The summed E-state index contributed by atoms with van der Waals surface area (Å²) in [5.74, 6) is 1.91. The first-order valence-corrected chi connectivity index (χ1v) is 9.44. The maximum atomic E-state index is 12.7. The van der Waals surface area contributed by atoms with Gasteiger partial charge in [-0.1, -0.05) is 38.0 Å². The van der Waals surface area contributed by atoms with Crippen molar-refractivity contribution >= 4 is 19.4 Å². The molecule has 0 spiro atoms. The summed E-state index contributed by atoms with van der Waals surface area (Å²) in [7, 11) is 3.11. The molecule has 0 saturated heterocycles. The van der Waals surface area contributed by atoms with Crippen LogP contribution in [0.5, 0.6) is 17.2 Å². The highest BCUT2D eigenvalue weighted by molar-refractivity contribution is 7.66. The van der Waals surface area contributed by atoms with E-state index in [0.29, 0.717) is 17.1 Å². The maximum absolute atomic E-state index is 12.7. The molecule has 134 valence electrons. The Morgan fingerprint density at radius 3 is 2.16 bits per heavy atom. The molecule has 1 atom stereocenters. The summed E-state index contributed by atoms with van der Waals surface area (Å²) in [6, 6.07) is 13.1. The third kappa shape index (κ3) is 5.47. The van der Waals surface area contributed by atoms with Gasteiger partial charge in [-0.3, -0.25) is 4.79 Å². The van der Waals surface area contributed by atoms with Crippen molar-refractivity contribution in [3.8, 4) is 17.2 Å². The number of hydrogen-bond acceptors (Lipinski definition) is 4. The van der Waals surface area contributed by atoms with E-state index in [1.807, 2.05) is 30.3 Å². The third-order valence-corrected chi connectivity index (χ3v) is 4.88. The third-order valence-electron chi connectivity index (χ3n) is 3.78. The van der Waals surface area contributed by atoms with Gasteiger partial charge in [0.25, 0.3) is 0 Å². The van der Waals surface area contributed by atoms with Gasteiger partial charge in [-0.15, -0.1) is 0 Å². The molecule has 0 amide bonds. The number of carbonyl (C=O) groups is 1. The number of rotatable bonds is 10. The van der Waals surface area contributed by atoms with Crippen LogP contribution in [-0.4, -0.2) is 26.4 Å². The van der Waals surface area contributed by atoms with E-state index in [4.69, 9.17) is 14.2 Å². The molecule has 0 radical (unpaired) electrons. The first-order chi connectivity index (χ1) is 12.2. The standard InChI is InChI=1S/C20H25O4P/c1-4-5-6-14-24-15-10-12-16(13-11-15)25-20(21)19-17(22-2)8-7-9-18(19)23-3/h7-13,25H,4-6,14H2,1-3H3. The van der Waals surface area contributed by atoms with Crippen LogP contribution < -0.4 is 19.5 Å². The van der Waals surface area contributed by atoms with E-state index in [0.717, 1.165) is 24.1 Å². The minimum absolute atomic E-state index is 0.00123. The topological polar surface area (TPSA) is 44.8 Å². The Kier molecular flexibility index (Phi) is 7.75. The van der Waals surface area contributed by atoms with Crippen LogP contribution in [-0.2, 0) is 0 Å². The van der Waals surface area contributed by atoms with E-state index in [2.05, 4.69) is 6.92 Å². The average molecular weight is 360 g/mol. The van der Waals surface area contributed by atoms with Gasteiger partial charge in [0.05, 0.1) is 20.8 Å². The molecular weight excluding hydrogens is 335 g/mol. The van der Waals surface area contributed by atoms with Gasteiger partial charge in [-0.05, 0) is 44.6 Å². The fourth-order valence-corrected chi connectivity index (χ4v) is 3.41. The predicted molar refractivity (Wildman–Crippen MR) is 103 cm³/mol. The Balaban J connectivity index is 2.04. The summed E-state index contributed by atoms with van der Waals surface area (Å²) in [6.45, 7) is 2.90. The van der Waals surface area contributed by atoms with Gasteiger partial charge in [-0.25, -0.2) is 0 Å². The van der Waals surface area contributed by atoms with Crippen molar-refractivity contribution < 1.29 is 19.0 Å². The lowest BCUT2D eigenvalue weighted by atomic mass is 10.2. The number of hydrogen-bond donors (Lipinski definition) is 0. The molecule has 5 heteroatoms. The minimum atomic E-state index is -0.00841. The van der Waals surface area contributed by atoms with Gasteiger partial charge in [-0.2, -0.15) is 0 Å². The van der Waals surface area contributed by atoms with Crippen molar-refractivity contribution in [1.82, 2.24) is 0 Å². The lowest BCUT2D eigenvalue weighted by Gasteiger charge is -2.12. The molecular formula is C20H25O4P. The number of methoxy groups -OCH3 is 2. The Hall–Kier alpha value is -2.06. The fourth-order valence-electron chi connectivity index (χ4n) is 2.45. The molecule has 2 aromatic rings. The average Bonchev–Trinajstić information content (AvgIpc) is 2.65. The number of unbranched alkanes of at least 4 members (excludes halogenated alkanes) is 2. The molecule has 1 unspecified atom stereocenters. The van der Waals surface area contributed by atoms with Crippen molar-refractivity contribution in [2.75, 3.05) is 20.8 Å². The highest BCUT2D eigenvalue weighted by Crippen LogP contribution is 2.33. The van der Waals surface area contributed by atoms with Crippen molar-refractivity contribution in [2.24, 2.45) is 0 Å². The molecule has 0 fully saturated rings. The summed E-state index contributed by atoms with van der Waals surface area (Å²) in [5, 5.41) is 0.957. The SMILES string of the molecule is CCCCCOc1ccc(PC(=O)c2c(OC)cccc2OC)cc1. The molecule has 0 bridgehead atoms. The lowest BCUT2D eigenvalue weighted by Crippen LogP contribution is -2.05. The smallest absolute Gasteiger partial charge is 0.193 e. The molecule has 0 N–H and O–H groups in total. The minimum Gasteiger partial charge on any atom is -0.496 e. The summed E-state index contributed by atoms with van der Waals surface area (Å²) in [5.41, 5.74) is 0.483. The maximum Gasteiger partial charge on any atom is 0.193 e. The van der Waals surface area contributed by atoms with Gasteiger partial charge in [0.2, 0.25) is 0 Å². The van der Waals surface area contributed by atoms with Gasteiger partial charge in [0.15, 0.2) is 5.52 Å². The Morgan fingerprint density at radius 1 is 0.960 bits per heavy atom. The molecule has 0 aliphatic heterocycles. The summed E-state index contributed by atoms with van der Waals surface area (Å²) in [4.78, 5) is 12.7. The number of ether oxygens (including phenoxy) is 3.